The molecule has 1 aromatic carbocycles. The minimum atomic E-state index is 0.278. The Kier molecular flexibility index (Phi) is 5.99. The van der Waals surface area contributed by atoms with Gasteiger partial charge in [0, 0.05) is 38.4 Å². The fourth-order valence-electron chi connectivity index (χ4n) is 3.50. The summed E-state index contributed by atoms with van der Waals surface area (Å²) < 4.78 is 1.20. The molecule has 0 spiro atoms. The Hall–Kier alpha value is -2.27. The molecule has 0 aliphatic heterocycles. The molecule has 1 aliphatic carbocycles. The molecule has 0 unspecified atom stereocenters. The number of anilines is 1. The molecule has 0 amide bonds. The van der Waals surface area contributed by atoms with Crippen LogP contribution in [0.25, 0.3) is 0 Å². The normalized spacial score (nSPS) is 21.0. The van der Waals surface area contributed by atoms with Crippen LogP contribution < -0.4 is 15.7 Å². The van der Waals surface area contributed by atoms with E-state index in [-0.39, 0.29) is 6.04 Å². The van der Waals surface area contributed by atoms with E-state index in [0.29, 0.717) is 11.5 Å². The van der Waals surface area contributed by atoms with Crippen molar-refractivity contribution in [1.29, 1.82) is 0 Å². The van der Waals surface area contributed by atoms with Gasteiger partial charge in [-0.25, -0.2) is 0 Å². The maximum absolute atomic E-state index is 10.3. The molecule has 1 saturated carbocycles. The molecule has 26 heavy (non-hydrogen) atoms. The highest BCUT2D eigenvalue weighted by molar-refractivity contribution is 5.44. The van der Waals surface area contributed by atoms with Gasteiger partial charge in [-0.3, -0.25) is 4.99 Å². The first-order chi connectivity index (χ1) is 12.5. The van der Waals surface area contributed by atoms with Crippen LogP contribution in [0.5, 0.6) is 0 Å². The van der Waals surface area contributed by atoms with Gasteiger partial charge in [-0.2, -0.15) is 4.73 Å². The van der Waals surface area contributed by atoms with Crippen molar-refractivity contribution in [2.75, 3.05) is 19.0 Å². The predicted molar refractivity (Wildman–Crippen MR) is 106 cm³/mol. The van der Waals surface area contributed by atoms with Crippen LogP contribution in [-0.2, 0) is 6.54 Å². The van der Waals surface area contributed by atoms with E-state index >= 15 is 0 Å². The summed E-state index contributed by atoms with van der Waals surface area (Å²) >= 11 is 0. The molecule has 2 aromatic rings. The van der Waals surface area contributed by atoms with E-state index in [2.05, 4.69) is 35.6 Å². The number of aromatic nitrogens is 1. The Morgan fingerprint density at radius 2 is 1.81 bits per heavy atom. The third kappa shape index (κ3) is 4.67. The maximum atomic E-state index is 10.3. The van der Waals surface area contributed by atoms with Gasteiger partial charge in [0.15, 0.2) is 5.49 Å². The van der Waals surface area contributed by atoms with Gasteiger partial charge >= 0.3 is 0 Å². The number of hydrogen-bond donors (Lipinski definition) is 2. The van der Waals surface area contributed by atoms with Crippen molar-refractivity contribution in [3.63, 3.8) is 0 Å². The molecule has 0 radical (unpaired) electrons. The highest BCUT2D eigenvalue weighted by Gasteiger charge is 2.20. The van der Waals surface area contributed by atoms with Crippen LogP contribution >= 0.6 is 0 Å². The van der Waals surface area contributed by atoms with Crippen LogP contribution in [-0.4, -0.2) is 36.1 Å². The van der Waals surface area contributed by atoms with Crippen molar-refractivity contribution >= 4 is 5.69 Å². The molecule has 2 N–H and O–H groups in total. The Balaban J connectivity index is 1.61. The summed E-state index contributed by atoms with van der Waals surface area (Å²) in [5, 5.41) is 14.0. The molecular weight excluding hydrogens is 324 g/mol. The lowest BCUT2D eigenvalue weighted by Gasteiger charge is -2.27. The maximum Gasteiger partial charge on any atom is 0.165 e. The zero-order valence-electron chi connectivity index (χ0n) is 16.0. The van der Waals surface area contributed by atoms with Crippen LogP contribution in [0.4, 0.5) is 5.69 Å². The molecule has 0 atom stereocenters. The molecule has 5 nitrogen and oxygen atoms in total. The number of nitrogens with zero attached hydrogens (tertiary/aromatic N) is 3. The number of aryl methyl sites for hydroxylation is 1. The molecule has 5 heteroatoms. The third-order valence-corrected chi connectivity index (χ3v) is 5.15. The number of pyridine rings is 1. The Morgan fingerprint density at radius 1 is 1.12 bits per heavy atom. The second-order valence-corrected chi connectivity index (χ2v) is 7.42. The monoisotopic (exact) mass is 354 g/mol. The first kappa shape index (κ1) is 18.5. The summed E-state index contributed by atoms with van der Waals surface area (Å²) in [6.07, 6.45) is 4.35. The lowest BCUT2D eigenvalue weighted by molar-refractivity contribution is 0.163. The highest BCUT2D eigenvalue weighted by Crippen LogP contribution is 2.21. The van der Waals surface area contributed by atoms with Gasteiger partial charge < -0.3 is 15.4 Å². The van der Waals surface area contributed by atoms with Crippen LogP contribution in [0, 0.1) is 6.92 Å². The van der Waals surface area contributed by atoms with Crippen LogP contribution in [0.3, 0.4) is 0 Å². The molecule has 140 valence electrons. The zero-order valence-corrected chi connectivity index (χ0v) is 16.0. The van der Waals surface area contributed by atoms with Crippen LogP contribution in [0.15, 0.2) is 47.5 Å². The Labute approximate surface area is 156 Å². The average molecular weight is 354 g/mol. The second-order valence-electron chi connectivity index (χ2n) is 7.42. The fraction of sp³-hybridized carbons (Fsp3) is 0.476. The van der Waals surface area contributed by atoms with E-state index in [1.165, 1.54) is 10.3 Å². The van der Waals surface area contributed by atoms with Crippen molar-refractivity contribution in [3.05, 3.63) is 59.2 Å². The number of benzene rings is 1. The summed E-state index contributed by atoms with van der Waals surface area (Å²) in [6.45, 7) is 2.82. The van der Waals surface area contributed by atoms with E-state index in [9.17, 15) is 5.21 Å². The Morgan fingerprint density at radius 3 is 2.46 bits per heavy atom. The summed E-state index contributed by atoms with van der Waals surface area (Å²) in [5.41, 5.74) is 3.84. The molecule has 1 aromatic heterocycles. The third-order valence-electron chi connectivity index (χ3n) is 5.15. The first-order valence-corrected chi connectivity index (χ1v) is 9.44. The van der Waals surface area contributed by atoms with E-state index in [1.807, 2.05) is 38.1 Å². The zero-order chi connectivity index (χ0) is 18.5. The van der Waals surface area contributed by atoms with Gasteiger partial charge in [-0.15, -0.1) is 0 Å². The van der Waals surface area contributed by atoms with Crippen molar-refractivity contribution < 1.29 is 5.21 Å². The Bertz CT molecular complexity index is 774. The van der Waals surface area contributed by atoms with Gasteiger partial charge in [-0.05, 0) is 44.2 Å². The quantitative estimate of drug-likeness (QED) is 0.811. The van der Waals surface area contributed by atoms with Crippen molar-refractivity contribution in [3.8, 4) is 0 Å². The molecular formula is C21H30N4O. The van der Waals surface area contributed by atoms with Gasteiger partial charge in [0.05, 0.1) is 11.7 Å². The summed E-state index contributed by atoms with van der Waals surface area (Å²) in [4.78, 5) is 6.87. The minimum Gasteiger partial charge on any atom is -0.427 e. The minimum absolute atomic E-state index is 0.278. The summed E-state index contributed by atoms with van der Waals surface area (Å²) in [7, 11) is 4.01. The van der Waals surface area contributed by atoms with E-state index < -0.39 is 0 Å². The fourth-order valence-corrected chi connectivity index (χ4v) is 3.50. The smallest absolute Gasteiger partial charge is 0.165 e. The highest BCUT2D eigenvalue weighted by atomic mass is 16.5. The van der Waals surface area contributed by atoms with Crippen molar-refractivity contribution in [1.82, 2.24) is 10.0 Å². The largest absolute Gasteiger partial charge is 0.427 e. The first-order valence-electron chi connectivity index (χ1n) is 9.44. The van der Waals surface area contributed by atoms with E-state index in [4.69, 9.17) is 4.99 Å². The topological polar surface area (TPSA) is 52.8 Å². The van der Waals surface area contributed by atoms with Gasteiger partial charge in [0.2, 0.25) is 0 Å². The summed E-state index contributed by atoms with van der Waals surface area (Å²) in [6, 6.07) is 15.3. The average Bonchev–Trinajstić information content (AvgIpc) is 2.65. The van der Waals surface area contributed by atoms with E-state index in [1.54, 1.807) is 0 Å². The molecule has 1 heterocycles. The molecule has 0 saturated heterocycles. The number of rotatable bonds is 5. The second kappa shape index (κ2) is 8.41. The summed E-state index contributed by atoms with van der Waals surface area (Å²) in [5.74, 6) is 0. The van der Waals surface area contributed by atoms with E-state index in [0.717, 1.165) is 43.6 Å². The number of nitrogens with one attached hydrogen (secondary N) is 1. The van der Waals surface area contributed by atoms with Gasteiger partial charge in [0.1, 0.15) is 0 Å². The van der Waals surface area contributed by atoms with Crippen LogP contribution in [0.1, 0.15) is 36.9 Å². The number of hydrogen-bond acceptors (Lipinski definition) is 4. The molecule has 1 aliphatic rings. The standard InChI is InChI=1S/C21H30N4O/c1-16-13-20(24(2)3)14-21(25(16)26)23-19-11-9-18(10-12-19)22-15-17-7-5-4-6-8-17/h4-8,13-14,18-19,22,26H,9-12,15H2,1-3H3. The van der Waals surface area contributed by atoms with Gasteiger partial charge in [0.25, 0.3) is 0 Å². The van der Waals surface area contributed by atoms with Gasteiger partial charge in [-0.1, -0.05) is 30.3 Å². The SMILES string of the molecule is Cc1cc(N(C)C)cc(=NC2CCC(NCc3ccccc3)CC2)n1O. The lowest BCUT2D eigenvalue weighted by atomic mass is 9.91. The molecule has 0 bridgehead atoms. The predicted octanol–water partition coefficient (Wildman–Crippen LogP) is 3.10. The van der Waals surface area contributed by atoms with Crippen molar-refractivity contribution in [2.24, 2.45) is 4.99 Å². The van der Waals surface area contributed by atoms with Crippen molar-refractivity contribution in [2.45, 2.75) is 51.2 Å². The lowest BCUT2D eigenvalue weighted by Crippen LogP contribution is -2.35. The van der Waals surface area contributed by atoms with Crippen LogP contribution in [0.2, 0.25) is 0 Å². The molecule has 3 rings (SSSR count). The molecule has 1 fully saturated rings.